The first kappa shape index (κ1) is 19.6. The molecular formula is C16H19N3O6S. The SMILES string of the molecule is CCN(CC)S(=O)(=O)c1ccc(C(=O)OCC(=O)Nc2ccon2)cc1. The first-order valence-electron chi connectivity index (χ1n) is 7.86. The summed E-state index contributed by atoms with van der Waals surface area (Å²) in [6.45, 7) is 3.69. The highest BCUT2D eigenvalue weighted by molar-refractivity contribution is 7.89. The number of rotatable bonds is 8. The van der Waals surface area contributed by atoms with E-state index in [4.69, 9.17) is 4.74 Å². The van der Waals surface area contributed by atoms with Crippen LogP contribution in [0, 0.1) is 0 Å². The molecule has 0 saturated carbocycles. The Morgan fingerprint density at radius 2 is 1.81 bits per heavy atom. The molecule has 2 aromatic rings. The third kappa shape index (κ3) is 4.67. The first-order chi connectivity index (χ1) is 12.4. The fraction of sp³-hybridized carbons (Fsp3) is 0.312. The molecule has 2 rings (SSSR count). The topological polar surface area (TPSA) is 119 Å². The first-order valence-corrected chi connectivity index (χ1v) is 9.30. The third-order valence-corrected chi connectivity index (χ3v) is 5.54. The van der Waals surface area contributed by atoms with E-state index in [0.29, 0.717) is 13.1 Å². The average molecular weight is 381 g/mol. The van der Waals surface area contributed by atoms with Crippen LogP contribution in [-0.4, -0.2) is 49.5 Å². The van der Waals surface area contributed by atoms with Gasteiger partial charge in [-0.25, -0.2) is 13.2 Å². The molecule has 0 bridgehead atoms. The number of anilines is 1. The number of sulfonamides is 1. The number of nitrogens with one attached hydrogen (secondary N) is 1. The standard InChI is InChI=1S/C16H19N3O6S/c1-3-19(4-2)26(22,23)13-7-5-12(6-8-13)16(21)24-11-15(20)17-14-9-10-25-18-14/h5-10H,3-4,11H2,1-2H3,(H,17,18,20). The van der Waals surface area contributed by atoms with Gasteiger partial charge >= 0.3 is 5.97 Å². The van der Waals surface area contributed by atoms with Gasteiger partial charge in [-0.15, -0.1) is 0 Å². The van der Waals surface area contributed by atoms with Gasteiger partial charge in [-0.3, -0.25) is 4.79 Å². The monoisotopic (exact) mass is 381 g/mol. The van der Waals surface area contributed by atoms with Crippen LogP contribution in [-0.2, 0) is 19.6 Å². The highest BCUT2D eigenvalue weighted by Crippen LogP contribution is 2.16. The minimum atomic E-state index is -3.60. The van der Waals surface area contributed by atoms with Crippen molar-refractivity contribution < 1.29 is 27.3 Å². The zero-order valence-corrected chi connectivity index (χ0v) is 15.2. The second-order valence-electron chi connectivity index (χ2n) is 5.12. The number of amides is 1. The predicted octanol–water partition coefficient (Wildman–Crippen LogP) is 1.50. The second-order valence-corrected chi connectivity index (χ2v) is 7.06. The van der Waals surface area contributed by atoms with E-state index in [1.807, 2.05) is 0 Å². The third-order valence-electron chi connectivity index (χ3n) is 3.47. The molecule has 0 aliphatic carbocycles. The molecule has 1 aromatic heterocycles. The van der Waals surface area contributed by atoms with E-state index in [2.05, 4.69) is 15.0 Å². The van der Waals surface area contributed by atoms with Crippen molar-refractivity contribution in [1.82, 2.24) is 9.46 Å². The Balaban J connectivity index is 1.97. The fourth-order valence-electron chi connectivity index (χ4n) is 2.15. The number of carbonyl (C=O) groups is 2. The van der Waals surface area contributed by atoms with Gasteiger partial charge in [0.1, 0.15) is 6.26 Å². The number of hydrogen-bond acceptors (Lipinski definition) is 7. The van der Waals surface area contributed by atoms with Crippen molar-refractivity contribution in [2.45, 2.75) is 18.7 Å². The summed E-state index contributed by atoms with van der Waals surface area (Å²) >= 11 is 0. The molecule has 1 heterocycles. The summed E-state index contributed by atoms with van der Waals surface area (Å²) < 4.78 is 35.5. The van der Waals surface area contributed by atoms with Gasteiger partial charge in [0.05, 0.1) is 10.5 Å². The Labute approximate surface area is 151 Å². The Bertz CT molecular complexity index is 843. The molecule has 1 amide bonds. The van der Waals surface area contributed by atoms with E-state index in [-0.39, 0.29) is 16.3 Å². The molecule has 140 valence electrons. The Hall–Kier alpha value is -2.72. The van der Waals surface area contributed by atoms with Crippen molar-refractivity contribution in [1.29, 1.82) is 0 Å². The molecule has 10 heteroatoms. The van der Waals surface area contributed by atoms with Crippen LogP contribution in [0.5, 0.6) is 0 Å². The molecule has 0 radical (unpaired) electrons. The van der Waals surface area contributed by atoms with Crippen LogP contribution >= 0.6 is 0 Å². The van der Waals surface area contributed by atoms with E-state index in [9.17, 15) is 18.0 Å². The van der Waals surface area contributed by atoms with Crippen molar-refractivity contribution in [2.75, 3.05) is 25.0 Å². The number of esters is 1. The number of hydrogen-bond donors (Lipinski definition) is 1. The Kier molecular flexibility index (Phi) is 6.47. The van der Waals surface area contributed by atoms with Crippen LogP contribution in [0.2, 0.25) is 0 Å². The minimum Gasteiger partial charge on any atom is -0.452 e. The molecule has 0 unspecified atom stereocenters. The van der Waals surface area contributed by atoms with Gasteiger partial charge in [0.15, 0.2) is 12.4 Å². The number of benzene rings is 1. The summed E-state index contributed by atoms with van der Waals surface area (Å²) in [6, 6.07) is 6.79. The zero-order valence-electron chi connectivity index (χ0n) is 14.3. The largest absolute Gasteiger partial charge is 0.452 e. The lowest BCUT2D eigenvalue weighted by Gasteiger charge is -2.18. The van der Waals surface area contributed by atoms with E-state index in [0.717, 1.165) is 0 Å². The van der Waals surface area contributed by atoms with Gasteiger partial charge in [0, 0.05) is 19.2 Å². The van der Waals surface area contributed by atoms with Gasteiger partial charge in [-0.2, -0.15) is 4.31 Å². The zero-order chi connectivity index (χ0) is 19.2. The van der Waals surface area contributed by atoms with Gasteiger partial charge in [0.2, 0.25) is 10.0 Å². The summed E-state index contributed by atoms with van der Waals surface area (Å²) in [7, 11) is -3.60. The molecule has 0 aliphatic heterocycles. The van der Waals surface area contributed by atoms with E-state index in [1.165, 1.54) is 40.9 Å². The molecule has 0 saturated heterocycles. The van der Waals surface area contributed by atoms with Crippen LogP contribution in [0.4, 0.5) is 5.82 Å². The van der Waals surface area contributed by atoms with E-state index < -0.39 is 28.5 Å². The Morgan fingerprint density at radius 3 is 2.35 bits per heavy atom. The number of carbonyl (C=O) groups excluding carboxylic acids is 2. The highest BCUT2D eigenvalue weighted by atomic mass is 32.2. The summed E-state index contributed by atoms with van der Waals surface area (Å²) in [6.07, 6.45) is 1.29. The molecule has 1 N–H and O–H groups in total. The van der Waals surface area contributed by atoms with Crippen LogP contribution in [0.15, 0.2) is 46.0 Å². The summed E-state index contributed by atoms with van der Waals surface area (Å²) in [5, 5.41) is 5.87. The maximum absolute atomic E-state index is 12.4. The predicted molar refractivity (Wildman–Crippen MR) is 92.0 cm³/mol. The normalized spacial score (nSPS) is 11.3. The maximum atomic E-state index is 12.4. The molecule has 0 spiro atoms. The second kappa shape index (κ2) is 8.59. The van der Waals surface area contributed by atoms with Gasteiger partial charge in [0.25, 0.3) is 5.91 Å². The van der Waals surface area contributed by atoms with Crippen molar-refractivity contribution in [3.63, 3.8) is 0 Å². The lowest BCUT2D eigenvalue weighted by atomic mass is 10.2. The van der Waals surface area contributed by atoms with Crippen molar-refractivity contribution in [3.05, 3.63) is 42.2 Å². The summed E-state index contributed by atoms with van der Waals surface area (Å²) in [5.74, 6) is -1.11. The molecule has 0 atom stereocenters. The number of aromatic nitrogens is 1. The highest BCUT2D eigenvalue weighted by Gasteiger charge is 2.22. The summed E-state index contributed by atoms with van der Waals surface area (Å²) in [4.78, 5) is 23.7. The van der Waals surface area contributed by atoms with Gasteiger partial charge in [-0.1, -0.05) is 19.0 Å². The number of nitrogens with zero attached hydrogens (tertiary/aromatic N) is 2. The van der Waals surface area contributed by atoms with Crippen molar-refractivity contribution in [2.24, 2.45) is 0 Å². The smallest absolute Gasteiger partial charge is 0.338 e. The lowest BCUT2D eigenvalue weighted by Crippen LogP contribution is -2.30. The van der Waals surface area contributed by atoms with Gasteiger partial charge in [-0.05, 0) is 24.3 Å². The van der Waals surface area contributed by atoms with Crippen LogP contribution < -0.4 is 5.32 Å². The Morgan fingerprint density at radius 1 is 1.15 bits per heavy atom. The van der Waals surface area contributed by atoms with Crippen LogP contribution in [0.25, 0.3) is 0 Å². The molecule has 9 nitrogen and oxygen atoms in total. The number of ether oxygens (including phenoxy) is 1. The summed E-state index contributed by atoms with van der Waals surface area (Å²) in [5.41, 5.74) is 0.137. The fourth-order valence-corrected chi connectivity index (χ4v) is 3.60. The quantitative estimate of drug-likeness (QED) is 0.688. The minimum absolute atomic E-state index is 0.0847. The molecule has 26 heavy (non-hydrogen) atoms. The van der Waals surface area contributed by atoms with Crippen LogP contribution in [0.3, 0.4) is 0 Å². The van der Waals surface area contributed by atoms with Crippen molar-refractivity contribution >= 4 is 27.7 Å². The van der Waals surface area contributed by atoms with Crippen LogP contribution in [0.1, 0.15) is 24.2 Å². The molecule has 0 fully saturated rings. The van der Waals surface area contributed by atoms with E-state index >= 15 is 0 Å². The molecule has 1 aromatic carbocycles. The lowest BCUT2D eigenvalue weighted by molar-refractivity contribution is -0.119. The van der Waals surface area contributed by atoms with E-state index in [1.54, 1.807) is 13.8 Å². The molecule has 0 aliphatic rings. The average Bonchev–Trinajstić information content (AvgIpc) is 3.13. The maximum Gasteiger partial charge on any atom is 0.338 e. The van der Waals surface area contributed by atoms with Crippen molar-refractivity contribution in [3.8, 4) is 0 Å². The van der Waals surface area contributed by atoms with Gasteiger partial charge < -0.3 is 14.6 Å². The molecular weight excluding hydrogens is 362 g/mol.